The van der Waals surface area contributed by atoms with Gasteiger partial charge in [-0.05, 0) is 83.8 Å². The molecular weight excluding hydrogens is 541 g/mol. The van der Waals surface area contributed by atoms with E-state index < -0.39 is 10.0 Å². The van der Waals surface area contributed by atoms with Gasteiger partial charge in [-0.3, -0.25) is 4.72 Å². The molecule has 0 fully saturated rings. The van der Waals surface area contributed by atoms with E-state index in [1.165, 1.54) is 0 Å². The molecule has 0 aliphatic carbocycles. The van der Waals surface area contributed by atoms with Crippen molar-refractivity contribution in [2.24, 2.45) is 0 Å². The van der Waals surface area contributed by atoms with E-state index in [-0.39, 0.29) is 4.90 Å². The van der Waals surface area contributed by atoms with Crippen LogP contribution in [0, 0.1) is 17.4 Å². The summed E-state index contributed by atoms with van der Waals surface area (Å²) in [7, 11) is -3.74. The highest BCUT2D eigenvalue weighted by atomic mass is 127. The molecule has 0 amide bonds. The number of thiophene rings is 1. The summed E-state index contributed by atoms with van der Waals surface area (Å²) in [6, 6.07) is 17.0. The first-order chi connectivity index (χ1) is 14.8. The number of rotatable bonds is 4. The average Bonchev–Trinajstić information content (AvgIpc) is 3.30. The Labute approximate surface area is 197 Å². The highest BCUT2D eigenvalue weighted by molar-refractivity contribution is 14.1. The van der Waals surface area contributed by atoms with Gasteiger partial charge in [0.25, 0.3) is 10.0 Å². The van der Waals surface area contributed by atoms with E-state index in [1.807, 2.05) is 32.2 Å². The molecule has 5 rings (SSSR count). The molecule has 156 valence electrons. The number of anilines is 1. The minimum absolute atomic E-state index is 0.239. The van der Waals surface area contributed by atoms with Gasteiger partial charge in [-0.15, -0.1) is 11.3 Å². The zero-order valence-electron chi connectivity index (χ0n) is 16.7. The van der Waals surface area contributed by atoms with Gasteiger partial charge in [-0.25, -0.2) is 13.4 Å². The monoisotopic (exact) mass is 559 g/mol. The highest BCUT2D eigenvalue weighted by Crippen LogP contribution is 2.42. The molecule has 0 saturated heterocycles. The summed E-state index contributed by atoms with van der Waals surface area (Å²) in [5, 5.41) is 1.96. The Balaban J connectivity index is 1.71. The van der Waals surface area contributed by atoms with Gasteiger partial charge in [0.1, 0.15) is 4.83 Å². The van der Waals surface area contributed by atoms with Crippen LogP contribution in [0.3, 0.4) is 0 Å². The van der Waals surface area contributed by atoms with E-state index in [4.69, 9.17) is 0 Å². The Morgan fingerprint density at radius 1 is 1.06 bits per heavy atom. The molecule has 8 heteroatoms. The Kier molecular flexibility index (Phi) is 5.03. The zero-order valence-corrected chi connectivity index (χ0v) is 20.5. The molecule has 0 saturated carbocycles. The van der Waals surface area contributed by atoms with Crippen LogP contribution in [-0.4, -0.2) is 18.4 Å². The van der Waals surface area contributed by atoms with Gasteiger partial charge in [-0.1, -0.05) is 18.2 Å². The summed E-state index contributed by atoms with van der Waals surface area (Å²) >= 11 is 3.69. The second-order valence-corrected chi connectivity index (χ2v) is 11.5. The van der Waals surface area contributed by atoms with Crippen molar-refractivity contribution in [2.45, 2.75) is 18.7 Å². The van der Waals surface area contributed by atoms with Crippen molar-refractivity contribution in [1.82, 2.24) is 9.97 Å². The van der Waals surface area contributed by atoms with Crippen LogP contribution in [0.1, 0.15) is 10.6 Å². The fraction of sp³-hybridized carbons (Fsp3) is 0.0870. The average molecular weight is 559 g/mol. The topological polar surface area (TPSA) is 74.8 Å². The number of nitrogens with zero attached hydrogens (tertiary/aromatic N) is 1. The lowest BCUT2D eigenvalue weighted by atomic mass is 10.0. The molecule has 5 nitrogen and oxygen atoms in total. The van der Waals surface area contributed by atoms with Crippen molar-refractivity contribution in [3.63, 3.8) is 0 Å². The largest absolute Gasteiger partial charge is 0.361 e. The van der Waals surface area contributed by atoms with Crippen LogP contribution in [0.15, 0.2) is 65.7 Å². The Morgan fingerprint density at radius 3 is 2.71 bits per heavy atom. The maximum absolute atomic E-state index is 13.2. The van der Waals surface area contributed by atoms with E-state index in [0.29, 0.717) is 5.69 Å². The number of aromatic amines is 1. The first-order valence-electron chi connectivity index (χ1n) is 9.58. The Bertz CT molecular complexity index is 1570. The number of aryl methyl sites for hydroxylation is 2. The summed E-state index contributed by atoms with van der Waals surface area (Å²) in [5.41, 5.74) is 4.38. The number of sulfonamides is 1. The van der Waals surface area contributed by atoms with E-state index in [2.05, 4.69) is 55.5 Å². The predicted molar refractivity (Wildman–Crippen MR) is 136 cm³/mol. The molecule has 0 spiro atoms. The number of halogens is 1. The second-order valence-electron chi connectivity index (χ2n) is 7.37. The van der Waals surface area contributed by atoms with Crippen molar-refractivity contribution in [2.75, 3.05) is 4.72 Å². The van der Waals surface area contributed by atoms with Crippen LogP contribution in [0.2, 0.25) is 0 Å². The van der Waals surface area contributed by atoms with Crippen LogP contribution in [0.25, 0.3) is 32.2 Å². The van der Waals surface area contributed by atoms with Crippen LogP contribution in [0.4, 0.5) is 5.69 Å². The molecule has 0 radical (unpaired) electrons. The predicted octanol–water partition coefficient (Wildman–Crippen LogP) is 6.47. The van der Waals surface area contributed by atoms with Gasteiger partial charge in [0, 0.05) is 36.8 Å². The normalized spacial score (nSPS) is 12.0. The van der Waals surface area contributed by atoms with Crippen molar-refractivity contribution >= 4 is 70.8 Å². The number of hydrogen-bond donors (Lipinski definition) is 2. The number of aromatic nitrogens is 2. The molecule has 0 unspecified atom stereocenters. The first kappa shape index (κ1) is 20.5. The van der Waals surface area contributed by atoms with Crippen LogP contribution in [0.5, 0.6) is 0 Å². The minimum atomic E-state index is -3.74. The number of benzene rings is 2. The minimum Gasteiger partial charge on any atom is -0.361 e. The summed E-state index contributed by atoms with van der Waals surface area (Å²) in [5.74, 6) is 0. The maximum Gasteiger partial charge on any atom is 0.261 e. The lowest BCUT2D eigenvalue weighted by Gasteiger charge is -2.12. The third-order valence-corrected chi connectivity index (χ3v) is 8.19. The summed E-state index contributed by atoms with van der Waals surface area (Å²) in [4.78, 5) is 10.1. The molecule has 31 heavy (non-hydrogen) atoms. The van der Waals surface area contributed by atoms with Crippen LogP contribution < -0.4 is 4.72 Å². The van der Waals surface area contributed by atoms with Gasteiger partial charge >= 0.3 is 0 Å². The number of pyridine rings is 1. The van der Waals surface area contributed by atoms with Gasteiger partial charge in [-0.2, -0.15) is 0 Å². The third kappa shape index (κ3) is 3.72. The molecule has 2 N–H and O–H groups in total. The summed E-state index contributed by atoms with van der Waals surface area (Å²) < 4.78 is 30.0. The van der Waals surface area contributed by atoms with Crippen molar-refractivity contribution < 1.29 is 8.42 Å². The Hall–Kier alpha value is -2.43. The fourth-order valence-corrected chi connectivity index (χ4v) is 6.78. The van der Waals surface area contributed by atoms with Gasteiger partial charge in [0.05, 0.1) is 10.6 Å². The number of nitrogens with one attached hydrogen (secondary N) is 2. The van der Waals surface area contributed by atoms with E-state index >= 15 is 0 Å². The summed E-state index contributed by atoms with van der Waals surface area (Å²) in [6.45, 7) is 3.93. The molecule has 2 aromatic carbocycles. The number of hydrogen-bond acceptors (Lipinski definition) is 4. The molecule has 0 atom stereocenters. The lowest BCUT2D eigenvalue weighted by Crippen LogP contribution is -2.13. The number of fused-ring (bicyclic) bond motifs is 2. The molecule has 0 aliphatic heterocycles. The standard InChI is InChI=1S/C23H18IN3O2S2/c1-13-10-20(27-31(28,29)18-5-3-4-17(24)12-18)22-21(14(2)30-23(22)26-13)16-7-6-15-8-9-25-19(15)11-16/h3-12,25H,1-2H3,(H,26,27). The molecule has 3 aromatic heterocycles. The van der Waals surface area contributed by atoms with Gasteiger partial charge in [0.15, 0.2) is 0 Å². The van der Waals surface area contributed by atoms with Crippen LogP contribution >= 0.6 is 33.9 Å². The van der Waals surface area contributed by atoms with E-state index in [9.17, 15) is 8.42 Å². The van der Waals surface area contributed by atoms with Crippen molar-refractivity contribution in [1.29, 1.82) is 0 Å². The lowest BCUT2D eigenvalue weighted by molar-refractivity contribution is 0.601. The molecule has 3 heterocycles. The second kappa shape index (κ2) is 7.61. The quantitative estimate of drug-likeness (QED) is 0.248. The van der Waals surface area contributed by atoms with Crippen molar-refractivity contribution in [3.05, 3.63) is 74.9 Å². The first-order valence-corrected chi connectivity index (χ1v) is 13.0. The molecule has 0 aliphatic rings. The van der Waals surface area contributed by atoms with Gasteiger partial charge < -0.3 is 4.98 Å². The van der Waals surface area contributed by atoms with E-state index in [1.54, 1.807) is 35.6 Å². The van der Waals surface area contributed by atoms with Crippen LogP contribution in [-0.2, 0) is 10.0 Å². The molecule has 5 aromatic rings. The molecule has 0 bridgehead atoms. The maximum atomic E-state index is 13.2. The fourth-order valence-electron chi connectivity index (χ4n) is 3.80. The molecular formula is C23H18IN3O2S2. The summed E-state index contributed by atoms with van der Waals surface area (Å²) in [6.07, 6.45) is 1.92. The zero-order chi connectivity index (χ0) is 21.8. The third-order valence-electron chi connectivity index (χ3n) is 5.16. The highest BCUT2D eigenvalue weighted by Gasteiger charge is 2.21. The SMILES string of the molecule is Cc1cc(NS(=O)(=O)c2cccc(I)c2)c2c(-c3ccc4cc[nH]c4c3)c(C)sc2n1. The number of H-pyrrole nitrogens is 1. The van der Waals surface area contributed by atoms with Crippen molar-refractivity contribution in [3.8, 4) is 11.1 Å². The Morgan fingerprint density at radius 2 is 1.90 bits per heavy atom. The van der Waals surface area contributed by atoms with Gasteiger partial charge in [0.2, 0.25) is 0 Å². The van der Waals surface area contributed by atoms with E-state index in [0.717, 1.165) is 46.4 Å². The smallest absolute Gasteiger partial charge is 0.261 e.